The van der Waals surface area contributed by atoms with Crippen LogP contribution in [-0.2, 0) is 0 Å². The van der Waals surface area contributed by atoms with Crippen LogP contribution in [0.25, 0.3) is 0 Å². The van der Waals surface area contributed by atoms with E-state index in [1.165, 1.54) is 5.56 Å². The highest BCUT2D eigenvalue weighted by Gasteiger charge is 2.07. The highest BCUT2D eigenvalue weighted by Crippen LogP contribution is 2.16. The Kier molecular flexibility index (Phi) is 4.39. The van der Waals surface area contributed by atoms with Crippen molar-refractivity contribution in [3.05, 3.63) is 34.9 Å². The molecule has 1 aromatic carbocycles. The molecule has 0 saturated heterocycles. The number of hydrogen-bond donors (Lipinski definition) is 2. The lowest BCUT2D eigenvalue weighted by Crippen LogP contribution is -2.31. The number of aliphatic hydroxyl groups excluding tert-OH is 1. The molecular formula is C11H16ClNO. The lowest BCUT2D eigenvalue weighted by atomic mass is 10.1. The molecule has 0 amide bonds. The zero-order valence-electron chi connectivity index (χ0n) is 8.50. The van der Waals surface area contributed by atoms with Crippen molar-refractivity contribution < 1.29 is 5.11 Å². The first-order valence-corrected chi connectivity index (χ1v) is 5.13. The van der Waals surface area contributed by atoms with Gasteiger partial charge in [0.05, 0.1) is 6.61 Å². The van der Waals surface area contributed by atoms with E-state index in [1.54, 1.807) is 0 Å². The van der Waals surface area contributed by atoms with Gasteiger partial charge in [0.2, 0.25) is 0 Å². The Labute approximate surface area is 89.9 Å². The minimum atomic E-state index is 0.112. The Bertz CT molecular complexity index is 273. The summed E-state index contributed by atoms with van der Waals surface area (Å²) in [4.78, 5) is 0. The van der Waals surface area contributed by atoms with Crippen LogP contribution in [0.4, 0.5) is 0 Å². The number of halogens is 1. The molecule has 0 aromatic heterocycles. The molecule has 0 saturated carbocycles. The first-order chi connectivity index (χ1) is 6.63. The fourth-order valence-electron chi connectivity index (χ4n) is 1.33. The van der Waals surface area contributed by atoms with E-state index in [0.717, 1.165) is 5.02 Å². The van der Waals surface area contributed by atoms with Crippen LogP contribution in [0.2, 0.25) is 5.02 Å². The van der Waals surface area contributed by atoms with Crippen LogP contribution in [0.1, 0.15) is 25.5 Å². The second kappa shape index (κ2) is 5.35. The molecule has 0 heterocycles. The number of aliphatic hydroxyl groups is 1. The van der Waals surface area contributed by atoms with E-state index < -0.39 is 0 Å². The van der Waals surface area contributed by atoms with Crippen molar-refractivity contribution >= 4 is 11.6 Å². The van der Waals surface area contributed by atoms with Crippen LogP contribution >= 0.6 is 11.6 Å². The van der Waals surface area contributed by atoms with Crippen molar-refractivity contribution in [3.8, 4) is 0 Å². The van der Waals surface area contributed by atoms with Gasteiger partial charge in [-0.05, 0) is 31.5 Å². The predicted molar refractivity (Wildman–Crippen MR) is 59.6 cm³/mol. The maximum Gasteiger partial charge on any atom is 0.0582 e. The van der Waals surface area contributed by atoms with Gasteiger partial charge in [0.1, 0.15) is 0 Å². The molecule has 0 fully saturated rings. The molecular weight excluding hydrogens is 198 g/mol. The van der Waals surface area contributed by atoms with E-state index >= 15 is 0 Å². The summed E-state index contributed by atoms with van der Waals surface area (Å²) in [6.45, 7) is 4.17. The molecule has 2 nitrogen and oxygen atoms in total. The van der Waals surface area contributed by atoms with Crippen molar-refractivity contribution in [2.75, 3.05) is 6.61 Å². The normalized spacial score (nSPS) is 15.1. The first-order valence-electron chi connectivity index (χ1n) is 4.76. The summed E-state index contributed by atoms with van der Waals surface area (Å²) in [5, 5.41) is 12.9. The van der Waals surface area contributed by atoms with Gasteiger partial charge in [0.15, 0.2) is 0 Å². The van der Waals surface area contributed by atoms with Gasteiger partial charge in [0, 0.05) is 17.1 Å². The van der Waals surface area contributed by atoms with Gasteiger partial charge in [-0.25, -0.2) is 0 Å². The van der Waals surface area contributed by atoms with Gasteiger partial charge in [-0.1, -0.05) is 23.7 Å². The lowest BCUT2D eigenvalue weighted by molar-refractivity contribution is 0.243. The minimum Gasteiger partial charge on any atom is -0.395 e. The Morgan fingerprint density at radius 3 is 2.36 bits per heavy atom. The Hall–Kier alpha value is -0.570. The third kappa shape index (κ3) is 3.29. The Morgan fingerprint density at radius 1 is 1.29 bits per heavy atom. The van der Waals surface area contributed by atoms with Crippen molar-refractivity contribution in [2.24, 2.45) is 0 Å². The Balaban J connectivity index is 2.60. The molecule has 3 heteroatoms. The molecule has 14 heavy (non-hydrogen) atoms. The van der Waals surface area contributed by atoms with Crippen LogP contribution in [-0.4, -0.2) is 17.8 Å². The molecule has 2 N–H and O–H groups in total. The van der Waals surface area contributed by atoms with Gasteiger partial charge >= 0.3 is 0 Å². The zero-order chi connectivity index (χ0) is 10.6. The molecule has 1 unspecified atom stereocenters. The first kappa shape index (κ1) is 11.5. The van der Waals surface area contributed by atoms with Gasteiger partial charge in [0.25, 0.3) is 0 Å². The smallest absolute Gasteiger partial charge is 0.0582 e. The van der Waals surface area contributed by atoms with Gasteiger partial charge < -0.3 is 10.4 Å². The maximum atomic E-state index is 8.89. The quantitative estimate of drug-likeness (QED) is 0.805. The number of benzene rings is 1. The van der Waals surface area contributed by atoms with Crippen molar-refractivity contribution in [1.82, 2.24) is 5.32 Å². The molecule has 1 aromatic rings. The van der Waals surface area contributed by atoms with E-state index in [0.29, 0.717) is 0 Å². The van der Waals surface area contributed by atoms with Gasteiger partial charge in [-0.2, -0.15) is 0 Å². The van der Waals surface area contributed by atoms with Crippen LogP contribution in [0, 0.1) is 0 Å². The third-order valence-corrected chi connectivity index (χ3v) is 2.43. The van der Waals surface area contributed by atoms with Crippen LogP contribution in [0.3, 0.4) is 0 Å². The average molecular weight is 214 g/mol. The minimum absolute atomic E-state index is 0.112. The topological polar surface area (TPSA) is 32.3 Å². The molecule has 2 atom stereocenters. The summed E-state index contributed by atoms with van der Waals surface area (Å²) in [5.74, 6) is 0. The number of nitrogens with one attached hydrogen (secondary N) is 1. The van der Waals surface area contributed by atoms with Crippen LogP contribution in [0.15, 0.2) is 24.3 Å². The van der Waals surface area contributed by atoms with Crippen LogP contribution < -0.4 is 5.32 Å². The summed E-state index contributed by atoms with van der Waals surface area (Å²) >= 11 is 5.79. The SMILES string of the molecule is CC(N[C@@H](C)CO)c1ccc(Cl)cc1. The highest BCUT2D eigenvalue weighted by atomic mass is 35.5. The lowest BCUT2D eigenvalue weighted by Gasteiger charge is -2.18. The second-order valence-electron chi connectivity index (χ2n) is 3.52. The van der Waals surface area contributed by atoms with E-state index in [4.69, 9.17) is 16.7 Å². The fourth-order valence-corrected chi connectivity index (χ4v) is 1.45. The second-order valence-corrected chi connectivity index (χ2v) is 3.96. The average Bonchev–Trinajstić information content (AvgIpc) is 2.18. The molecule has 0 spiro atoms. The molecule has 0 aliphatic heterocycles. The number of rotatable bonds is 4. The largest absolute Gasteiger partial charge is 0.395 e. The fraction of sp³-hybridized carbons (Fsp3) is 0.455. The monoisotopic (exact) mass is 213 g/mol. The van der Waals surface area contributed by atoms with Gasteiger partial charge in [-0.15, -0.1) is 0 Å². The summed E-state index contributed by atoms with van der Waals surface area (Å²) < 4.78 is 0. The molecule has 0 bridgehead atoms. The van der Waals surface area contributed by atoms with Crippen LogP contribution in [0.5, 0.6) is 0 Å². The molecule has 78 valence electrons. The van der Waals surface area contributed by atoms with Crippen molar-refractivity contribution in [1.29, 1.82) is 0 Å². The highest BCUT2D eigenvalue weighted by molar-refractivity contribution is 6.30. The molecule has 0 aliphatic carbocycles. The van der Waals surface area contributed by atoms with E-state index in [2.05, 4.69) is 12.2 Å². The molecule has 0 aliphatic rings. The third-order valence-electron chi connectivity index (χ3n) is 2.18. The van der Waals surface area contributed by atoms with Crippen molar-refractivity contribution in [3.63, 3.8) is 0 Å². The summed E-state index contributed by atoms with van der Waals surface area (Å²) in [6.07, 6.45) is 0. The standard InChI is InChI=1S/C11H16ClNO/c1-8(7-14)13-9(2)10-3-5-11(12)6-4-10/h3-6,8-9,13-14H,7H2,1-2H3/t8-,9?/m0/s1. The van der Waals surface area contributed by atoms with Gasteiger partial charge in [-0.3, -0.25) is 0 Å². The summed E-state index contributed by atoms with van der Waals surface area (Å²) in [6, 6.07) is 8.07. The predicted octanol–water partition coefficient (Wildman–Crippen LogP) is 2.37. The van der Waals surface area contributed by atoms with E-state index in [1.807, 2.05) is 31.2 Å². The summed E-state index contributed by atoms with van der Waals surface area (Å²) in [7, 11) is 0. The number of hydrogen-bond acceptors (Lipinski definition) is 2. The Morgan fingerprint density at radius 2 is 1.86 bits per heavy atom. The summed E-state index contributed by atoms with van der Waals surface area (Å²) in [5.41, 5.74) is 1.18. The molecule has 0 radical (unpaired) electrons. The van der Waals surface area contributed by atoms with E-state index in [-0.39, 0.29) is 18.7 Å². The molecule has 1 rings (SSSR count). The maximum absolute atomic E-state index is 8.89. The zero-order valence-corrected chi connectivity index (χ0v) is 9.25. The van der Waals surface area contributed by atoms with Crippen molar-refractivity contribution in [2.45, 2.75) is 25.9 Å². The van der Waals surface area contributed by atoms with E-state index in [9.17, 15) is 0 Å².